The number of rotatable bonds is 3. The molecule has 0 radical (unpaired) electrons. The fraction of sp³-hybridized carbons (Fsp3) is 0.300. The van der Waals surface area contributed by atoms with Crippen LogP contribution in [0.25, 0.3) is 11.0 Å². The van der Waals surface area contributed by atoms with Gasteiger partial charge in [-0.3, -0.25) is 14.9 Å². The van der Waals surface area contributed by atoms with Crippen molar-refractivity contribution < 1.29 is 9.72 Å². The number of H-pyrrole nitrogens is 1. The minimum Gasteiger partial charge on any atom is -0.342 e. The Bertz CT molecular complexity index is 986. The number of benzene rings is 2. The molecule has 1 fully saturated rings. The van der Waals surface area contributed by atoms with E-state index in [0.717, 1.165) is 29.7 Å². The second kappa shape index (κ2) is 6.83. The van der Waals surface area contributed by atoms with Gasteiger partial charge in [0.25, 0.3) is 11.6 Å². The highest BCUT2D eigenvalue weighted by molar-refractivity contribution is 5.96. The number of hydrogen-bond acceptors (Lipinski definition) is 4. The minimum atomic E-state index is -0.445. The van der Waals surface area contributed by atoms with Crippen molar-refractivity contribution in [1.29, 1.82) is 0 Å². The first kappa shape index (κ1) is 17.2. The number of nitrogens with one attached hydrogen (secondary N) is 1. The molecule has 2 aromatic carbocycles. The van der Waals surface area contributed by atoms with E-state index < -0.39 is 4.92 Å². The van der Waals surface area contributed by atoms with E-state index in [9.17, 15) is 14.9 Å². The zero-order valence-corrected chi connectivity index (χ0v) is 15.0. The standard InChI is InChI=1S/C20H20N4O3/c1-13-15(5-4-8-18(13)24(26)27)20(25)23-11-9-14(10-12-23)19-21-16-6-2-3-7-17(16)22-19/h2-8,14H,9-12H2,1H3,(H,21,22). The molecule has 0 bridgehead atoms. The molecule has 0 unspecified atom stereocenters. The number of carbonyl (C=O) groups excluding carboxylic acids is 1. The monoisotopic (exact) mass is 364 g/mol. The first-order chi connectivity index (χ1) is 13.0. The number of nitro benzene ring substituents is 1. The second-order valence-electron chi connectivity index (χ2n) is 6.91. The molecule has 1 aliphatic heterocycles. The molecule has 2 heterocycles. The van der Waals surface area contributed by atoms with Crippen molar-refractivity contribution >= 4 is 22.6 Å². The SMILES string of the molecule is Cc1c(C(=O)N2CCC(c3nc4ccccc4[nH]3)CC2)cccc1[N+](=O)[O-]. The van der Waals surface area contributed by atoms with Crippen molar-refractivity contribution in [2.45, 2.75) is 25.7 Å². The number of para-hydroxylation sites is 2. The lowest BCUT2D eigenvalue weighted by atomic mass is 9.95. The predicted molar refractivity (Wildman–Crippen MR) is 102 cm³/mol. The number of nitrogens with zero attached hydrogens (tertiary/aromatic N) is 3. The van der Waals surface area contributed by atoms with Crippen LogP contribution in [0.15, 0.2) is 42.5 Å². The molecule has 0 aliphatic carbocycles. The third-order valence-electron chi connectivity index (χ3n) is 5.31. The van der Waals surface area contributed by atoms with E-state index in [1.54, 1.807) is 24.0 Å². The average molecular weight is 364 g/mol. The molecule has 1 aromatic heterocycles. The Morgan fingerprint density at radius 3 is 2.63 bits per heavy atom. The maximum Gasteiger partial charge on any atom is 0.273 e. The lowest BCUT2D eigenvalue weighted by Crippen LogP contribution is -2.38. The fourth-order valence-electron chi connectivity index (χ4n) is 3.75. The van der Waals surface area contributed by atoms with Crippen LogP contribution in [0, 0.1) is 17.0 Å². The number of aromatic nitrogens is 2. The van der Waals surface area contributed by atoms with Crippen molar-refractivity contribution in [1.82, 2.24) is 14.9 Å². The Morgan fingerprint density at radius 1 is 1.19 bits per heavy atom. The maximum atomic E-state index is 12.9. The number of carbonyl (C=O) groups is 1. The summed E-state index contributed by atoms with van der Waals surface area (Å²) in [7, 11) is 0. The highest BCUT2D eigenvalue weighted by Crippen LogP contribution is 2.29. The molecule has 1 amide bonds. The van der Waals surface area contributed by atoms with Gasteiger partial charge in [-0.05, 0) is 38.0 Å². The zero-order valence-electron chi connectivity index (χ0n) is 15.0. The minimum absolute atomic E-state index is 0.0157. The molecule has 4 rings (SSSR count). The summed E-state index contributed by atoms with van der Waals surface area (Å²) in [6, 6.07) is 12.6. The summed E-state index contributed by atoms with van der Waals surface area (Å²) >= 11 is 0. The summed E-state index contributed by atoms with van der Waals surface area (Å²) in [5.41, 5.74) is 2.80. The van der Waals surface area contributed by atoms with Gasteiger partial charge in [-0.2, -0.15) is 0 Å². The number of fused-ring (bicyclic) bond motifs is 1. The largest absolute Gasteiger partial charge is 0.342 e. The summed E-state index contributed by atoms with van der Waals surface area (Å²) in [5, 5.41) is 11.1. The molecule has 138 valence electrons. The van der Waals surface area contributed by atoms with Crippen LogP contribution in [-0.4, -0.2) is 38.8 Å². The quantitative estimate of drug-likeness (QED) is 0.565. The number of nitro groups is 1. The van der Waals surface area contributed by atoms with Gasteiger partial charge >= 0.3 is 0 Å². The lowest BCUT2D eigenvalue weighted by molar-refractivity contribution is -0.385. The van der Waals surface area contributed by atoms with Gasteiger partial charge in [0.1, 0.15) is 5.82 Å². The van der Waals surface area contributed by atoms with Crippen LogP contribution in [0.2, 0.25) is 0 Å². The van der Waals surface area contributed by atoms with Crippen LogP contribution in [0.4, 0.5) is 5.69 Å². The van der Waals surface area contributed by atoms with Crippen molar-refractivity contribution in [3.05, 3.63) is 69.5 Å². The fourth-order valence-corrected chi connectivity index (χ4v) is 3.75. The van der Waals surface area contributed by atoms with Gasteiger partial charge in [0.15, 0.2) is 0 Å². The van der Waals surface area contributed by atoms with Gasteiger partial charge in [-0.25, -0.2) is 4.98 Å². The number of amides is 1. The third-order valence-corrected chi connectivity index (χ3v) is 5.31. The zero-order chi connectivity index (χ0) is 19.0. The van der Waals surface area contributed by atoms with Crippen LogP contribution < -0.4 is 0 Å². The highest BCUT2D eigenvalue weighted by Gasteiger charge is 2.28. The van der Waals surface area contributed by atoms with Gasteiger partial charge in [-0.1, -0.05) is 18.2 Å². The molecule has 1 saturated heterocycles. The van der Waals surface area contributed by atoms with Gasteiger partial charge in [0.05, 0.1) is 16.0 Å². The maximum absolute atomic E-state index is 12.9. The lowest BCUT2D eigenvalue weighted by Gasteiger charge is -2.31. The molecular weight excluding hydrogens is 344 g/mol. The highest BCUT2D eigenvalue weighted by atomic mass is 16.6. The number of hydrogen-bond donors (Lipinski definition) is 1. The first-order valence-electron chi connectivity index (χ1n) is 9.02. The van der Waals surface area contributed by atoms with Crippen LogP contribution >= 0.6 is 0 Å². The van der Waals surface area contributed by atoms with Crippen LogP contribution in [0.3, 0.4) is 0 Å². The average Bonchev–Trinajstić information content (AvgIpc) is 3.12. The molecule has 1 N–H and O–H groups in total. The van der Waals surface area contributed by atoms with Crippen LogP contribution in [0.1, 0.15) is 40.5 Å². The summed E-state index contributed by atoms with van der Waals surface area (Å²) in [6.07, 6.45) is 1.64. The molecule has 7 heteroatoms. The Kier molecular flexibility index (Phi) is 4.35. The smallest absolute Gasteiger partial charge is 0.273 e. The number of likely N-dealkylation sites (tertiary alicyclic amines) is 1. The third kappa shape index (κ3) is 3.16. The van der Waals surface area contributed by atoms with E-state index in [1.807, 2.05) is 24.3 Å². The summed E-state index contributed by atoms with van der Waals surface area (Å²) in [6.45, 7) is 2.86. The Hall–Kier alpha value is -3.22. The van der Waals surface area contributed by atoms with Crippen LogP contribution in [-0.2, 0) is 0 Å². The van der Waals surface area contributed by atoms with E-state index in [-0.39, 0.29) is 17.5 Å². The molecule has 0 spiro atoms. The van der Waals surface area contributed by atoms with E-state index in [0.29, 0.717) is 24.2 Å². The topological polar surface area (TPSA) is 92.1 Å². The first-order valence-corrected chi connectivity index (χ1v) is 9.02. The summed E-state index contributed by atoms with van der Waals surface area (Å²) in [4.78, 5) is 33.4. The van der Waals surface area contributed by atoms with Gasteiger partial charge in [0, 0.05) is 36.2 Å². The molecule has 7 nitrogen and oxygen atoms in total. The van der Waals surface area contributed by atoms with Crippen LogP contribution in [0.5, 0.6) is 0 Å². The van der Waals surface area contributed by atoms with Crippen molar-refractivity contribution in [3.63, 3.8) is 0 Å². The summed E-state index contributed by atoms with van der Waals surface area (Å²) < 4.78 is 0. The van der Waals surface area contributed by atoms with Crippen molar-refractivity contribution in [3.8, 4) is 0 Å². The normalized spacial score (nSPS) is 15.2. The van der Waals surface area contributed by atoms with Gasteiger partial charge in [-0.15, -0.1) is 0 Å². The van der Waals surface area contributed by atoms with Gasteiger partial charge < -0.3 is 9.88 Å². The van der Waals surface area contributed by atoms with Gasteiger partial charge in [0.2, 0.25) is 0 Å². The second-order valence-corrected chi connectivity index (χ2v) is 6.91. The van der Waals surface area contributed by atoms with E-state index in [2.05, 4.69) is 9.97 Å². The molecule has 1 aliphatic rings. The number of imidazole rings is 1. The Labute approximate surface area is 156 Å². The number of piperidine rings is 1. The number of aromatic amines is 1. The van der Waals surface area contributed by atoms with Crippen molar-refractivity contribution in [2.24, 2.45) is 0 Å². The molecule has 3 aromatic rings. The Morgan fingerprint density at radius 2 is 1.93 bits per heavy atom. The predicted octanol–water partition coefficient (Wildman–Crippen LogP) is 3.80. The molecule has 0 saturated carbocycles. The van der Waals surface area contributed by atoms with E-state index in [4.69, 9.17) is 0 Å². The van der Waals surface area contributed by atoms with E-state index >= 15 is 0 Å². The summed E-state index contributed by atoms with van der Waals surface area (Å²) in [5.74, 6) is 1.11. The molecule has 27 heavy (non-hydrogen) atoms. The molecular formula is C20H20N4O3. The Balaban J connectivity index is 1.48. The molecule has 0 atom stereocenters. The van der Waals surface area contributed by atoms with E-state index in [1.165, 1.54) is 6.07 Å². The van der Waals surface area contributed by atoms with Crippen molar-refractivity contribution in [2.75, 3.05) is 13.1 Å².